The van der Waals surface area contributed by atoms with Gasteiger partial charge in [-0.3, -0.25) is 19.9 Å². The number of nitro benzene ring substituents is 1. The number of hydrogen-bond acceptors (Lipinski definition) is 8. The summed E-state index contributed by atoms with van der Waals surface area (Å²) in [6.07, 6.45) is 1.34. The zero-order chi connectivity index (χ0) is 19.1. The maximum atomic E-state index is 11.4. The molecule has 0 bridgehead atoms. The van der Waals surface area contributed by atoms with E-state index in [1.807, 2.05) is 0 Å². The predicted molar refractivity (Wildman–Crippen MR) is 96.2 cm³/mol. The summed E-state index contributed by atoms with van der Waals surface area (Å²) in [5.41, 5.74) is 2.97. The standard InChI is InChI=1S/C16H19N5O5/c1-4-25-13-8-14(26-5-2)12(21(23)24)7-11(13)9-17-20-16-18-10(3)6-15(22)19-16/h6-9H,4-5H2,1-3H3,(H2,18,19,20,22)/b17-9-. The molecule has 0 unspecified atom stereocenters. The second-order valence-corrected chi connectivity index (χ2v) is 5.09. The molecule has 0 radical (unpaired) electrons. The molecule has 2 rings (SSSR count). The molecule has 10 nitrogen and oxygen atoms in total. The van der Waals surface area contributed by atoms with E-state index in [0.29, 0.717) is 23.6 Å². The highest BCUT2D eigenvalue weighted by Crippen LogP contribution is 2.34. The molecule has 0 aliphatic rings. The molecule has 0 aliphatic heterocycles. The Bertz CT molecular complexity index is 878. The van der Waals surface area contributed by atoms with Crippen LogP contribution in [0.15, 0.2) is 28.1 Å². The number of aromatic nitrogens is 2. The van der Waals surface area contributed by atoms with Gasteiger partial charge in [0.05, 0.1) is 24.4 Å². The Morgan fingerprint density at radius 3 is 2.58 bits per heavy atom. The molecule has 0 saturated carbocycles. The Morgan fingerprint density at radius 2 is 1.96 bits per heavy atom. The molecule has 138 valence electrons. The lowest BCUT2D eigenvalue weighted by Gasteiger charge is -2.10. The van der Waals surface area contributed by atoms with E-state index in [1.54, 1.807) is 20.8 Å². The normalized spacial score (nSPS) is 10.7. The summed E-state index contributed by atoms with van der Waals surface area (Å²) in [5, 5.41) is 15.2. The fraction of sp³-hybridized carbons (Fsp3) is 0.312. The van der Waals surface area contributed by atoms with E-state index >= 15 is 0 Å². The number of hydrogen-bond donors (Lipinski definition) is 2. The molecular formula is C16H19N5O5. The van der Waals surface area contributed by atoms with E-state index in [0.717, 1.165) is 0 Å². The topological polar surface area (TPSA) is 132 Å². The van der Waals surface area contributed by atoms with Crippen LogP contribution >= 0.6 is 0 Å². The van der Waals surface area contributed by atoms with Crippen LogP contribution in [0.1, 0.15) is 25.1 Å². The lowest BCUT2D eigenvalue weighted by molar-refractivity contribution is -0.385. The second kappa shape index (κ2) is 8.60. The zero-order valence-corrected chi connectivity index (χ0v) is 14.6. The van der Waals surface area contributed by atoms with Crippen LogP contribution in [-0.4, -0.2) is 34.3 Å². The minimum atomic E-state index is -0.537. The van der Waals surface area contributed by atoms with Crippen LogP contribution in [0, 0.1) is 17.0 Å². The summed E-state index contributed by atoms with van der Waals surface area (Å²) in [6, 6.07) is 4.12. The number of rotatable bonds is 8. The molecule has 0 amide bonds. The van der Waals surface area contributed by atoms with Gasteiger partial charge < -0.3 is 9.47 Å². The molecule has 0 aliphatic carbocycles. The van der Waals surface area contributed by atoms with Crippen LogP contribution in [0.2, 0.25) is 0 Å². The first kappa shape index (κ1) is 18.9. The van der Waals surface area contributed by atoms with Crippen LogP contribution < -0.4 is 20.5 Å². The van der Waals surface area contributed by atoms with Crippen molar-refractivity contribution in [3.8, 4) is 11.5 Å². The van der Waals surface area contributed by atoms with Crippen molar-refractivity contribution in [1.82, 2.24) is 9.97 Å². The van der Waals surface area contributed by atoms with E-state index in [-0.39, 0.29) is 29.6 Å². The van der Waals surface area contributed by atoms with Gasteiger partial charge in [-0.25, -0.2) is 10.4 Å². The Kier molecular flexibility index (Phi) is 6.25. The lowest BCUT2D eigenvalue weighted by Crippen LogP contribution is -2.10. The number of benzene rings is 1. The molecule has 2 N–H and O–H groups in total. The molecule has 0 saturated heterocycles. The third kappa shape index (κ3) is 4.79. The molecule has 26 heavy (non-hydrogen) atoms. The van der Waals surface area contributed by atoms with Crippen LogP contribution in [0.5, 0.6) is 11.5 Å². The molecule has 1 aromatic carbocycles. The summed E-state index contributed by atoms with van der Waals surface area (Å²) in [5.74, 6) is 0.665. The number of anilines is 1. The lowest BCUT2D eigenvalue weighted by atomic mass is 10.1. The second-order valence-electron chi connectivity index (χ2n) is 5.09. The number of nitro groups is 1. The van der Waals surface area contributed by atoms with Gasteiger partial charge in [0, 0.05) is 29.5 Å². The number of H-pyrrole nitrogens is 1. The van der Waals surface area contributed by atoms with Gasteiger partial charge in [-0.05, 0) is 20.8 Å². The van der Waals surface area contributed by atoms with E-state index in [4.69, 9.17) is 9.47 Å². The number of aromatic amines is 1. The van der Waals surface area contributed by atoms with Crippen molar-refractivity contribution in [2.24, 2.45) is 5.10 Å². The molecule has 1 heterocycles. The number of hydrazone groups is 1. The number of nitrogens with zero attached hydrogens (tertiary/aromatic N) is 3. The van der Waals surface area contributed by atoms with Crippen LogP contribution in [0.3, 0.4) is 0 Å². The quantitative estimate of drug-likeness (QED) is 0.418. The zero-order valence-electron chi connectivity index (χ0n) is 14.6. The fourth-order valence-electron chi connectivity index (χ4n) is 2.16. The van der Waals surface area contributed by atoms with E-state index in [9.17, 15) is 14.9 Å². The molecule has 1 aromatic heterocycles. The minimum absolute atomic E-state index is 0.121. The maximum Gasteiger partial charge on any atom is 0.311 e. The Hall–Kier alpha value is -3.43. The van der Waals surface area contributed by atoms with E-state index in [2.05, 4.69) is 20.5 Å². The summed E-state index contributed by atoms with van der Waals surface area (Å²) < 4.78 is 10.8. The van der Waals surface area contributed by atoms with Crippen molar-refractivity contribution >= 4 is 17.9 Å². The maximum absolute atomic E-state index is 11.4. The number of aryl methyl sites for hydroxylation is 1. The highest BCUT2D eigenvalue weighted by atomic mass is 16.6. The summed E-state index contributed by atoms with van der Waals surface area (Å²) in [7, 11) is 0. The molecular weight excluding hydrogens is 342 g/mol. The van der Waals surface area contributed by atoms with Gasteiger partial charge in [0.25, 0.3) is 5.56 Å². The largest absolute Gasteiger partial charge is 0.493 e. The first-order valence-corrected chi connectivity index (χ1v) is 7.89. The van der Waals surface area contributed by atoms with Crippen molar-refractivity contribution in [2.45, 2.75) is 20.8 Å². The van der Waals surface area contributed by atoms with Crippen LogP contribution in [0.4, 0.5) is 11.6 Å². The third-order valence-electron chi connectivity index (χ3n) is 3.13. The van der Waals surface area contributed by atoms with Gasteiger partial charge in [-0.1, -0.05) is 0 Å². The van der Waals surface area contributed by atoms with Gasteiger partial charge in [0.1, 0.15) is 5.75 Å². The van der Waals surface area contributed by atoms with Gasteiger partial charge in [0.15, 0.2) is 0 Å². The first-order chi connectivity index (χ1) is 12.4. The van der Waals surface area contributed by atoms with Gasteiger partial charge in [-0.15, -0.1) is 0 Å². The average Bonchev–Trinajstić information content (AvgIpc) is 2.56. The number of nitrogens with one attached hydrogen (secondary N) is 2. The van der Waals surface area contributed by atoms with E-state index in [1.165, 1.54) is 24.4 Å². The molecule has 10 heteroatoms. The van der Waals surface area contributed by atoms with Crippen LogP contribution in [-0.2, 0) is 0 Å². The van der Waals surface area contributed by atoms with Crippen molar-refractivity contribution in [2.75, 3.05) is 18.6 Å². The monoisotopic (exact) mass is 361 g/mol. The Morgan fingerprint density at radius 1 is 1.27 bits per heavy atom. The third-order valence-corrected chi connectivity index (χ3v) is 3.13. The van der Waals surface area contributed by atoms with Crippen LogP contribution in [0.25, 0.3) is 0 Å². The van der Waals surface area contributed by atoms with Gasteiger partial charge >= 0.3 is 5.69 Å². The van der Waals surface area contributed by atoms with Gasteiger partial charge in [0.2, 0.25) is 11.7 Å². The van der Waals surface area contributed by atoms with E-state index < -0.39 is 4.92 Å². The Balaban J connectivity index is 2.34. The first-order valence-electron chi connectivity index (χ1n) is 7.89. The summed E-state index contributed by atoms with van der Waals surface area (Å²) in [6.45, 7) is 5.85. The van der Waals surface area contributed by atoms with Crippen molar-refractivity contribution in [3.05, 3.63) is 49.9 Å². The summed E-state index contributed by atoms with van der Waals surface area (Å²) >= 11 is 0. The SMILES string of the molecule is CCOc1cc(OCC)c([N+](=O)[O-])cc1/C=N\Nc1nc(C)cc(=O)[nH]1. The van der Waals surface area contributed by atoms with Crippen molar-refractivity contribution in [3.63, 3.8) is 0 Å². The van der Waals surface area contributed by atoms with Gasteiger partial charge in [-0.2, -0.15) is 5.10 Å². The molecule has 0 atom stereocenters. The molecule has 2 aromatic rings. The predicted octanol–water partition coefficient (Wildman–Crippen LogP) is 2.23. The van der Waals surface area contributed by atoms with Crippen molar-refractivity contribution in [1.29, 1.82) is 0 Å². The highest BCUT2D eigenvalue weighted by Gasteiger charge is 2.19. The minimum Gasteiger partial charge on any atom is -0.493 e. The Labute approximate surface area is 149 Å². The summed E-state index contributed by atoms with van der Waals surface area (Å²) in [4.78, 5) is 28.7. The molecule has 0 spiro atoms. The number of ether oxygens (including phenoxy) is 2. The average molecular weight is 361 g/mol. The smallest absolute Gasteiger partial charge is 0.311 e. The van der Waals surface area contributed by atoms with Crippen molar-refractivity contribution < 1.29 is 14.4 Å². The fourth-order valence-corrected chi connectivity index (χ4v) is 2.16. The molecule has 0 fully saturated rings. The highest BCUT2D eigenvalue weighted by molar-refractivity contribution is 5.86.